The van der Waals surface area contributed by atoms with E-state index in [0.29, 0.717) is 48.9 Å². The van der Waals surface area contributed by atoms with Gasteiger partial charge in [-0.15, -0.1) is 0 Å². The number of aryl methyl sites for hydroxylation is 1. The standard InChI is InChI=1S/C21H29N5O4/c1-5-29-12-17-25-18-19(26(17)9-6-10-30-13(2)3)15-8-7-14(23-21(27)28-4)11-16(15)24-20(18)22/h7-8,11,13H,5-6,9-10,12H2,1-4H3,(H2,22,24)(H,23,27). The van der Waals surface area contributed by atoms with E-state index in [4.69, 9.17) is 20.2 Å². The molecular weight excluding hydrogens is 386 g/mol. The number of nitrogens with two attached hydrogens (primary N) is 1. The molecule has 0 radical (unpaired) electrons. The molecule has 30 heavy (non-hydrogen) atoms. The zero-order chi connectivity index (χ0) is 21.7. The van der Waals surface area contributed by atoms with Gasteiger partial charge in [-0.25, -0.2) is 14.8 Å². The molecule has 3 aromatic rings. The summed E-state index contributed by atoms with van der Waals surface area (Å²) in [4.78, 5) is 20.7. The number of carbonyl (C=O) groups is 1. The molecule has 0 aliphatic carbocycles. The molecule has 0 aliphatic rings. The van der Waals surface area contributed by atoms with E-state index in [0.717, 1.165) is 23.1 Å². The summed E-state index contributed by atoms with van der Waals surface area (Å²) in [5, 5.41) is 3.55. The predicted molar refractivity (Wildman–Crippen MR) is 117 cm³/mol. The summed E-state index contributed by atoms with van der Waals surface area (Å²) in [6.07, 6.45) is 0.473. The molecule has 162 valence electrons. The average molecular weight is 415 g/mol. The van der Waals surface area contributed by atoms with Crippen LogP contribution in [0.2, 0.25) is 0 Å². The predicted octanol–water partition coefficient (Wildman–Crippen LogP) is 3.70. The molecule has 0 saturated carbocycles. The summed E-state index contributed by atoms with van der Waals surface area (Å²) in [5.41, 5.74) is 9.03. The number of benzene rings is 1. The molecule has 0 atom stereocenters. The summed E-state index contributed by atoms with van der Waals surface area (Å²) in [5.74, 6) is 1.14. The van der Waals surface area contributed by atoms with Gasteiger partial charge < -0.3 is 24.5 Å². The molecule has 3 N–H and O–H groups in total. The topological polar surface area (TPSA) is 114 Å². The lowest BCUT2D eigenvalue weighted by atomic mass is 10.1. The van der Waals surface area contributed by atoms with E-state index in [2.05, 4.69) is 19.6 Å². The van der Waals surface area contributed by atoms with Crippen LogP contribution in [0.5, 0.6) is 0 Å². The van der Waals surface area contributed by atoms with Gasteiger partial charge in [-0.3, -0.25) is 5.32 Å². The summed E-state index contributed by atoms with van der Waals surface area (Å²) >= 11 is 0. The van der Waals surface area contributed by atoms with Gasteiger partial charge in [0.1, 0.15) is 17.9 Å². The second-order valence-electron chi connectivity index (χ2n) is 7.13. The Morgan fingerprint density at radius 1 is 1.30 bits per heavy atom. The van der Waals surface area contributed by atoms with Crippen molar-refractivity contribution in [1.82, 2.24) is 14.5 Å². The van der Waals surface area contributed by atoms with Crippen molar-refractivity contribution in [1.29, 1.82) is 0 Å². The molecule has 0 bridgehead atoms. The number of amides is 1. The Morgan fingerprint density at radius 3 is 2.80 bits per heavy atom. The fraction of sp³-hybridized carbons (Fsp3) is 0.476. The number of aromatic nitrogens is 3. The number of nitrogens with zero attached hydrogens (tertiary/aromatic N) is 3. The molecule has 9 heteroatoms. The van der Waals surface area contributed by atoms with E-state index in [1.54, 1.807) is 12.1 Å². The third-order valence-electron chi connectivity index (χ3n) is 4.63. The molecule has 0 unspecified atom stereocenters. The number of methoxy groups -OCH3 is 1. The highest BCUT2D eigenvalue weighted by molar-refractivity contribution is 6.07. The van der Waals surface area contributed by atoms with Crippen LogP contribution in [-0.2, 0) is 27.4 Å². The third-order valence-corrected chi connectivity index (χ3v) is 4.63. The van der Waals surface area contributed by atoms with Crippen LogP contribution in [0, 0.1) is 0 Å². The smallest absolute Gasteiger partial charge is 0.411 e. The zero-order valence-electron chi connectivity index (χ0n) is 17.9. The average Bonchev–Trinajstić information content (AvgIpc) is 3.08. The summed E-state index contributed by atoms with van der Waals surface area (Å²) in [7, 11) is 1.32. The fourth-order valence-corrected chi connectivity index (χ4v) is 3.29. The number of fused-ring (bicyclic) bond motifs is 3. The first-order valence-electron chi connectivity index (χ1n) is 10.1. The van der Waals surface area contributed by atoms with Gasteiger partial charge >= 0.3 is 6.09 Å². The minimum Gasteiger partial charge on any atom is -0.453 e. The van der Waals surface area contributed by atoms with Crippen LogP contribution < -0.4 is 11.1 Å². The van der Waals surface area contributed by atoms with Crippen molar-refractivity contribution in [2.45, 2.75) is 46.4 Å². The number of nitrogens with one attached hydrogen (secondary N) is 1. The quantitative estimate of drug-likeness (QED) is 0.512. The van der Waals surface area contributed by atoms with Crippen LogP contribution in [0.1, 0.15) is 33.0 Å². The van der Waals surface area contributed by atoms with Crippen LogP contribution in [0.4, 0.5) is 16.3 Å². The van der Waals surface area contributed by atoms with Crippen molar-refractivity contribution < 1.29 is 19.0 Å². The van der Waals surface area contributed by atoms with E-state index >= 15 is 0 Å². The number of imidazole rings is 1. The molecule has 0 fully saturated rings. The van der Waals surface area contributed by atoms with Crippen LogP contribution in [0.15, 0.2) is 18.2 Å². The van der Waals surface area contributed by atoms with E-state index in [9.17, 15) is 4.79 Å². The van der Waals surface area contributed by atoms with Gasteiger partial charge in [-0.1, -0.05) is 0 Å². The SMILES string of the molecule is CCOCc1nc2c(N)nc3cc(NC(=O)OC)ccc3c2n1CCCOC(C)C. The molecule has 1 amide bonds. The van der Waals surface area contributed by atoms with E-state index in [1.807, 2.05) is 26.8 Å². The summed E-state index contributed by atoms with van der Waals surface area (Å²) < 4.78 is 18.1. The molecule has 0 saturated heterocycles. The number of anilines is 2. The molecule has 0 aliphatic heterocycles. The lowest BCUT2D eigenvalue weighted by molar-refractivity contribution is 0.0742. The Hall–Kier alpha value is -2.91. The number of hydrogen-bond donors (Lipinski definition) is 2. The van der Waals surface area contributed by atoms with Crippen molar-refractivity contribution in [3.05, 3.63) is 24.0 Å². The van der Waals surface area contributed by atoms with Gasteiger partial charge in [0.05, 0.1) is 24.2 Å². The Kier molecular flexibility index (Phi) is 7.07. The maximum absolute atomic E-state index is 11.5. The van der Waals surface area contributed by atoms with E-state index in [1.165, 1.54) is 7.11 Å². The van der Waals surface area contributed by atoms with Gasteiger partial charge in [0.2, 0.25) is 0 Å². The largest absolute Gasteiger partial charge is 0.453 e. The molecule has 2 aromatic heterocycles. The zero-order valence-corrected chi connectivity index (χ0v) is 17.9. The van der Waals surface area contributed by atoms with Crippen molar-refractivity contribution >= 4 is 39.5 Å². The Balaban J connectivity index is 2.06. The lowest BCUT2D eigenvalue weighted by Gasteiger charge is -2.13. The lowest BCUT2D eigenvalue weighted by Crippen LogP contribution is -2.11. The number of carbonyl (C=O) groups excluding carboxylic acids is 1. The second kappa shape index (κ2) is 9.73. The first-order chi connectivity index (χ1) is 14.4. The van der Waals surface area contributed by atoms with Crippen molar-refractivity contribution in [2.24, 2.45) is 0 Å². The fourth-order valence-electron chi connectivity index (χ4n) is 3.29. The molecule has 0 spiro atoms. The molecule has 2 heterocycles. The maximum atomic E-state index is 11.5. The number of rotatable bonds is 9. The van der Waals surface area contributed by atoms with Crippen LogP contribution in [-0.4, -0.2) is 47.1 Å². The van der Waals surface area contributed by atoms with E-state index in [-0.39, 0.29) is 6.10 Å². The number of pyridine rings is 1. The number of hydrogen-bond acceptors (Lipinski definition) is 7. The van der Waals surface area contributed by atoms with Crippen molar-refractivity contribution in [3.8, 4) is 0 Å². The Morgan fingerprint density at radius 2 is 2.10 bits per heavy atom. The summed E-state index contributed by atoms with van der Waals surface area (Å²) in [6, 6.07) is 5.48. The second-order valence-corrected chi connectivity index (χ2v) is 7.13. The number of ether oxygens (including phenoxy) is 3. The van der Waals surface area contributed by atoms with Gasteiger partial charge in [-0.05, 0) is 45.4 Å². The van der Waals surface area contributed by atoms with Crippen molar-refractivity contribution in [3.63, 3.8) is 0 Å². The minimum atomic E-state index is -0.544. The number of nitrogen functional groups attached to an aromatic ring is 1. The summed E-state index contributed by atoms with van der Waals surface area (Å²) in [6.45, 7) is 8.34. The molecule has 9 nitrogen and oxygen atoms in total. The molecular formula is C21H29N5O4. The van der Waals surface area contributed by atoms with Crippen LogP contribution >= 0.6 is 0 Å². The van der Waals surface area contributed by atoms with Gasteiger partial charge in [0.25, 0.3) is 0 Å². The highest BCUT2D eigenvalue weighted by Crippen LogP contribution is 2.31. The highest BCUT2D eigenvalue weighted by Gasteiger charge is 2.18. The first-order valence-corrected chi connectivity index (χ1v) is 10.1. The first kappa shape index (κ1) is 21.8. The van der Waals surface area contributed by atoms with Gasteiger partial charge in [0.15, 0.2) is 5.82 Å². The Labute approximate surface area is 175 Å². The molecule has 3 rings (SSSR count). The monoisotopic (exact) mass is 415 g/mol. The molecule has 1 aromatic carbocycles. The van der Waals surface area contributed by atoms with Gasteiger partial charge in [-0.2, -0.15) is 0 Å². The van der Waals surface area contributed by atoms with Crippen molar-refractivity contribution in [2.75, 3.05) is 31.4 Å². The third kappa shape index (κ3) is 4.80. The van der Waals surface area contributed by atoms with Crippen LogP contribution in [0.3, 0.4) is 0 Å². The van der Waals surface area contributed by atoms with Crippen LogP contribution in [0.25, 0.3) is 21.9 Å². The van der Waals surface area contributed by atoms with E-state index < -0.39 is 6.09 Å². The van der Waals surface area contributed by atoms with Gasteiger partial charge in [0, 0.05) is 30.8 Å². The highest BCUT2D eigenvalue weighted by atomic mass is 16.5. The normalized spacial score (nSPS) is 11.5. The Bertz CT molecular complexity index is 1030. The minimum absolute atomic E-state index is 0.189. The maximum Gasteiger partial charge on any atom is 0.411 e.